The lowest BCUT2D eigenvalue weighted by molar-refractivity contribution is 0.339. The van der Waals surface area contributed by atoms with Crippen molar-refractivity contribution in [1.82, 2.24) is 4.98 Å². The fourth-order valence-corrected chi connectivity index (χ4v) is 3.40. The molecular formula is C15H17NO3S. The van der Waals surface area contributed by atoms with E-state index in [-0.39, 0.29) is 0 Å². The largest absolute Gasteiger partial charge is 0.496 e. The van der Waals surface area contributed by atoms with Crippen molar-refractivity contribution in [2.75, 3.05) is 7.11 Å². The molecule has 0 atom stereocenters. The predicted molar refractivity (Wildman–Crippen MR) is 79.2 cm³/mol. The Balaban J connectivity index is 2.58. The zero-order valence-electron chi connectivity index (χ0n) is 11.7. The summed E-state index contributed by atoms with van der Waals surface area (Å²) in [6.45, 7) is 3.28. The van der Waals surface area contributed by atoms with Crippen molar-refractivity contribution in [3.63, 3.8) is 0 Å². The van der Waals surface area contributed by atoms with Crippen molar-refractivity contribution in [2.24, 2.45) is 0 Å². The maximum absolute atomic E-state index is 12.8. The molecule has 0 radical (unpaired) electrons. The summed E-state index contributed by atoms with van der Waals surface area (Å²) in [6.07, 6.45) is 4.36. The second-order valence-electron chi connectivity index (χ2n) is 4.97. The number of methoxy groups -OCH3 is 1. The number of nitrogens with one attached hydrogen (secondary N) is 1. The molecule has 20 heavy (non-hydrogen) atoms. The van der Waals surface area contributed by atoms with Gasteiger partial charge in [-0.15, -0.1) is 0 Å². The van der Waals surface area contributed by atoms with Gasteiger partial charge in [-0.1, -0.05) is 23.9 Å². The van der Waals surface area contributed by atoms with Crippen LogP contribution >= 0.6 is 0 Å². The highest BCUT2D eigenvalue weighted by Gasteiger charge is 2.35. The Labute approximate surface area is 118 Å². The van der Waals surface area contributed by atoms with E-state index in [9.17, 15) is 8.42 Å². The first kappa shape index (κ1) is 14.4. The van der Waals surface area contributed by atoms with E-state index < -0.39 is 14.6 Å². The van der Waals surface area contributed by atoms with Gasteiger partial charge in [0.1, 0.15) is 6.26 Å². The van der Waals surface area contributed by atoms with Crippen LogP contribution in [0.25, 0.3) is 10.9 Å². The zero-order chi connectivity index (χ0) is 14.8. The molecule has 0 aliphatic carbocycles. The van der Waals surface area contributed by atoms with Crippen LogP contribution in [0.4, 0.5) is 0 Å². The Kier molecular flexibility index (Phi) is 3.75. The van der Waals surface area contributed by atoms with Crippen molar-refractivity contribution in [3.8, 4) is 0 Å². The van der Waals surface area contributed by atoms with Gasteiger partial charge in [0, 0.05) is 17.1 Å². The number of ether oxygens (including phenoxy) is 1. The summed E-state index contributed by atoms with van der Waals surface area (Å²) in [5.41, 5.74) is 3.53. The molecule has 0 unspecified atom stereocenters. The van der Waals surface area contributed by atoms with Gasteiger partial charge in [-0.3, -0.25) is 0 Å². The van der Waals surface area contributed by atoms with Gasteiger partial charge < -0.3 is 9.72 Å². The minimum atomic E-state index is -3.53. The molecular weight excluding hydrogens is 274 g/mol. The summed E-state index contributed by atoms with van der Waals surface area (Å²) in [4.78, 5) is 3.29. The number of benzene rings is 1. The first-order valence-electron chi connectivity index (χ1n) is 6.16. The average Bonchev–Trinajstić information content (AvgIpc) is 2.83. The third-order valence-corrected chi connectivity index (χ3v) is 5.57. The molecule has 0 spiro atoms. The van der Waals surface area contributed by atoms with Crippen molar-refractivity contribution in [2.45, 2.75) is 23.5 Å². The van der Waals surface area contributed by atoms with E-state index in [1.54, 1.807) is 19.9 Å². The van der Waals surface area contributed by atoms with Crippen LogP contribution in [0.2, 0.25) is 0 Å². The molecule has 2 aromatic rings. The van der Waals surface area contributed by atoms with Crippen LogP contribution in [-0.2, 0) is 14.6 Å². The molecule has 1 aromatic heterocycles. The van der Waals surface area contributed by atoms with Crippen molar-refractivity contribution in [1.29, 1.82) is 0 Å². The van der Waals surface area contributed by atoms with Crippen LogP contribution in [0.5, 0.6) is 0 Å². The lowest BCUT2D eigenvalue weighted by Crippen LogP contribution is -2.29. The molecule has 1 N–H and O–H groups in total. The standard InChI is InChI=1S/C15H17NO3S/c1-15(2,9-6-10-19-3)20(17,18)14-11-16-13-8-5-4-7-12(13)14/h4-5,7-11,16H,1-3H3. The minimum Gasteiger partial charge on any atom is -0.496 e. The topological polar surface area (TPSA) is 59.2 Å². The first-order chi connectivity index (χ1) is 9.40. The monoisotopic (exact) mass is 291 g/mol. The number of hydrogen-bond acceptors (Lipinski definition) is 3. The normalized spacial score (nSPS) is 11.9. The highest BCUT2D eigenvalue weighted by molar-refractivity contribution is 7.93. The van der Waals surface area contributed by atoms with Gasteiger partial charge in [-0.25, -0.2) is 8.42 Å². The van der Waals surface area contributed by atoms with Crippen LogP contribution in [0.3, 0.4) is 0 Å². The van der Waals surface area contributed by atoms with Crippen molar-refractivity contribution >= 4 is 20.7 Å². The number of para-hydroxylation sites is 1. The van der Waals surface area contributed by atoms with Gasteiger partial charge in [0.05, 0.1) is 16.8 Å². The van der Waals surface area contributed by atoms with E-state index in [4.69, 9.17) is 4.74 Å². The Morgan fingerprint density at radius 3 is 2.70 bits per heavy atom. The smallest absolute Gasteiger partial charge is 0.189 e. The maximum atomic E-state index is 12.8. The van der Waals surface area contributed by atoms with Gasteiger partial charge in [-0.05, 0) is 26.0 Å². The van der Waals surface area contributed by atoms with Gasteiger partial charge in [0.15, 0.2) is 9.84 Å². The molecule has 4 nitrogen and oxygen atoms in total. The molecule has 0 aliphatic heterocycles. The first-order valence-corrected chi connectivity index (χ1v) is 7.64. The van der Waals surface area contributed by atoms with Gasteiger partial charge in [-0.2, -0.15) is 0 Å². The summed E-state index contributed by atoms with van der Waals surface area (Å²) in [5.74, 6) is 0. The van der Waals surface area contributed by atoms with Gasteiger partial charge in [0.25, 0.3) is 0 Å². The lowest BCUT2D eigenvalue weighted by Gasteiger charge is -2.19. The summed E-state index contributed by atoms with van der Waals surface area (Å²) in [7, 11) is -2.04. The minimum absolute atomic E-state index is 0.300. The Hall–Kier alpha value is -1.97. The zero-order valence-corrected chi connectivity index (χ0v) is 12.5. The number of fused-ring (bicyclic) bond motifs is 1. The van der Waals surface area contributed by atoms with Crippen LogP contribution in [0.15, 0.2) is 53.4 Å². The predicted octanol–water partition coefficient (Wildman–Crippen LogP) is 3.04. The molecule has 0 amide bonds. The molecule has 1 aromatic carbocycles. The summed E-state index contributed by atoms with van der Waals surface area (Å²) >= 11 is 0. The number of aromatic nitrogens is 1. The Morgan fingerprint density at radius 2 is 2.00 bits per heavy atom. The summed E-state index contributed by atoms with van der Waals surface area (Å²) in [5, 5.41) is 0.699. The molecule has 106 valence electrons. The molecule has 0 fully saturated rings. The highest BCUT2D eigenvalue weighted by Crippen LogP contribution is 2.31. The molecule has 2 rings (SSSR count). The molecule has 0 bridgehead atoms. The Bertz CT molecular complexity index is 778. The SMILES string of the molecule is COC=C=CC(C)(C)S(=O)(=O)c1c[nH]c2ccccc12. The number of H-pyrrole nitrogens is 1. The molecule has 0 aliphatic rings. The van der Waals surface area contributed by atoms with Gasteiger partial charge in [0.2, 0.25) is 0 Å². The van der Waals surface area contributed by atoms with Crippen molar-refractivity contribution in [3.05, 3.63) is 48.5 Å². The van der Waals surface area contributed by atoms with E-state index in [2.05, 4.69) is 10.7 Å². The van der Waals surface area contributed by atoms with Crippen LogP contribution in [0, 0.1) is 0 Å². The van der Waals surface area contributed by atoms with Crippen molar-refractivity contribution < 1.29 is 13.2 Å². The van der Waals surface area contributed by atoms with Crippen LogP contribution in [-0.4, -0.2) is 25.3 Å². The molecule has 0 saturated heterocycles. The number of sulfone groups is 1. The van der Waals surface area contributed by atoms with E-state index in [1.165, 1.54) is 25.6 Å². The number of hydrogen-bond donors (Lipinski definition) is 1. The molecule has 1 heterocycles. The second kappa shape index (κ2) is 5.19. The van der Waals surface area contributed by atoms with E-state index in [0.717, 1.165) is 5.52 Å². The lowest BCUT2D eigenvalue weighted by atomic mass is 10.2. The number of rotatable bonds is 4. The third kappa shape index (κ3) is 2.38. The van der Waals surface area contributed by atoms with E-state index in [0.29, 0.717) is 10.3 Å². The van der Waals surface area contributed by atoms with Gasteiger partial charge >= 0.3 is 0 Å². The quantitative estimate of drug-likeness (QED) is 0.696. The van der Waals surface area contributed by atoms with E-state index >= 15 is 0 Å². The second-order valence-corrected chi connectivity index (χ2v) is 7.47. The van der Waals surface area contributed by atoms with E-state index in [1.807, 2.05) is 18.2 Å². The summed E-state index contributed by atoms with van der Waals surface area (Å²) < 4.78 is 29.2. The molecule has 5 heteroatoms. The number of aromatic amines is 1. The molecule has 0 saturated carbocycles. The fourth-order valence-electron chi connectivity index (χ4n) is 1.93. The fraction of sp³-hybridized carbons (Fsp3) is 0.267. The third-order valence-electron chi connectivity index (χ3n) is 3.15. The van der Waals surface area contributed by atoms with Crippen LogP contribution in [0.1, 0.15) is 13.8 Å². The Morgan fingerprint density at radius 1 is 1.30 bits per heavy atom. The van der Waals surface area contributed by atoms with Crippen LogP contribution < -0.4 is 0 Å². The highest BCUT2D eigenvalue weighted by atomic mass is 32.2. The average molecular weight is 291 g/mol. The summed E-state index contributed by atoms with van der Waals surface area (Å²) in [6, 6.07) is 7.33. The maximum Gasteiger partial charge on any atom is 0.189 e.